The second-order valence-electron chi connectivity index (χ2n) is 5.29. The van der Waals surface area contributed by atoms with Crippen LogP contribution >= 0.6 is 0 Å². The fourth-order valence-corrected chi connectivity index (χ4v) is 1.96. The van der Waals surface area contributed by atoms with Crippen molar-refractivity contribution in [2.75, 3.05) is 20.0 Å². The summed E-state index contributed by atoms with van der Waals surface area (Å²) in [4.78, 5) is 0. The summed E-state index contributed by atoms with van der Waals surface area (Å²) in [6, 6.07) is 0. The maximum atomic E-state index is 9.75. The van der Waals surface area contributed by atoms with Crippen LogP contribution in [0.25, 0.3) is 0 Å². The van der Waals surface area contributed by atoms with E-state index in [-0.39, 0.29) is 0 Å². The molecule has 0 saturated carbocycles. The van der Waals surface area contributed by atoms with Gasteiger partial charge < -0.3 is 55.1 Å². The first-order valence-electron chi connectivity index (χ1n) is 7.19. The van der Waals surface area contributed by atoms with Gasteiger partial charge in [0.2, 0.25) is 0 Å². The third kappa shape index (κ3) is 4.99. The highest BCUT2D eigenvalue weighted by Gasteiger charge is 2.38. The predicted octanol–water partition coefficient (Wildman–Crippen LogP) is -3.15. The highest BCUT2D eigenvalue weighted by Crippen LogP contribution is 2.24. The van der Waals surface area contributed by atoms with Crippen LogP contribution in [0.2, 0.25) is 0 Å². The molecule has 0 radical (unpaired) electrons. The van der Waals surface area contributed by atoms with Crippen molar-refractivity contribution in [1.82, 2.24) is 0 Å². The first-order chi connectivity index (χ1) is 11.2. The quantitative estimate of drug-likeness (QED) is 0.195. The number of rotatable bonds is 9. The molecule has 11 heteroatoms. The van der Waals surface area contributed by atoms with Gasteiger partial charge >= 0.3 is 0 Å². The smallest absolute Gasteiger partial charge is 0.194 e. The molecule has 0 spiro atoms. The Morgan fingerprint density at radius 1 is 1.08 bits per heavy atom. The lowest BCUT2D eigenvalue weighted by Gasteiger charge is -2.32. The van der Waals surface area contributed by atoms with Crippen molar-refractivity contribution in [2.24, 2.45) is 0 Å². The topological polar surface area (TPSA) is 190 Å². The lowest BCUT2D eigenvalue weighted by atomic mass is 10.0. The van der Waals surface area contributed by atoms with Gasteiger partial charge in [-0.1, -0.05) is 0 Å². The van der Waals surface area contributed by atoms with Gasteiger partial charge in [0.25, 0.3) is 0 Å². The van der Waals surface area contributed by atoms with Gasteiger partial charge in [-0.25, -0.2) is 0 Å². The first-order valence-corrected chi connectivity index (χ1v) is 7.19. The van der Waals surface area contributed by atoms with Crippen molar-refractivity contribution in [3.8, 4) is 0 Å². The van der Waals surface area contributed by atoms with E-state index in [0.29, 0.717) is 0 Å². The minimum absolute atomic E-state index is 0.636. The van der Waals surface area contributed by atoms with Gasteiger partial charge in [-0.05, 0) is 6.92 Å². The molecule has 11 nitrogen and oxygen atoms in total. The van der Waals surface area contributed by atoms with Gasteiger partial charge in [0.15, 0.2) is 30.7 Å². The van der Waals surface area contributed by atoms with Crippen LogP contribution in [0.3, 0.4) is 0 Å². The molecule has 0 aliphatic carbocycles. The molecule has 7 atom stereocenters. The summed E-state index contributed by atoms with van der Waals surface area (Å²) in [5.74, 6) is -1.55. The molecule has 0 aromatic heterocycles. The molecule has 1 aliphatic rings. The lowest BCUT2D eigenvalue weighted by molar-refractivity contribution is -0.272. The monoisotopic (exact) mass is 356 g/mol. The summed E-state index contributed by atoms with van der Waals surface area (Å²) in [7, 11) is 0. The van der Waals surface area contributed by atoms with Crippen LogP contribution in [0.5, 0.6) is 0 Å². The van der Waals surface area contributed by atoms with Crippen molar-refractivity contribution < 1.29 is 55.1 Å². The highest BCUT2D eigenvalue weighted by molar-refractivity contribution is 5.13. The van der Waals surface area contributed by atoms with Crippen LogP contribution in [0.15, 0.2) is 11.5 Å². The van der Waals surface area contributed by atoms with Gasteiger partial charge in [0, 0.05) is 0 Å². The largest absolute Gasteiger partial charge is 0.506 e. The second-order valence-corrected chi connectivity index (χ2v) is 5.29. The van der Waals surface area contributed by atoms with E-state index in [4.69, 9.17) is 24.4 Å². The van der Waals surface area contributed by atoms with E-state index in [1.807, 2.05) is 0 Å². The molecule has 0 bridgehead atoms. The molecule has 1 heterocycles. The maximum absolute atomic E-state index is 9.75. The van der Waals surface area contributed by atoms with Crippen LogP contribution in [0, 0.1) is 0 Å². The zero-order chi connectivity index (χ0) is 18.4. The van der Waals surface area contributed by atoms with E-state index >= 15 is 0 Å². The van der Waals surface area contributed by atoms with E-state index < -0.39 is 74.4 Å². The normalized spacial score (nSPS) is 30.0. The summed E-state index contributed by atoms with van der Waals surface area (Å²) in [5.41, 5.74) is 0. The van der Waals surface area contributed by atoms with Crippen LogP contribution in [-0.4, -0.2) is 104 Å². The molecular formula is C13H24O11. The molecule has 24 heavy (non-hydrogen) atoms. The molecule has 0 fully saturated rings. The number of aliphatic hydroxyl groups excluding tert-OH is 8. The van der Waals surface area contributed by atoms with Crippen molar-refractivity contribution in [1.29, 1.82) is 0 Å². The number of hydrogen-bond donors (Lipinski definition) is 8. The molecule has 0 amide bonds. The van der Waals surface area contributed by atoms with Crippen LogP contribution < -0.4 is 0 Å². The summed E-state index contributed by atoms with van der Waals surface area (Å²) in [6.45, 7) is -0.778. The molecule has 1 rings (SSSR count). The molecule has 0 saturated heterocycles. The molecule has 6 unspecified atom stereocenters. The maximum Gasteiger partial charge on any atom is 0.194 e. The highest BCUT2D eigenvalue weighted by atomic mass is 16.8. The minimum Gasteiger partial charge on any atom is -0.506 e. The third-order valence-electron chi connectivity index (χ3n) is 3.49. The van der Waals surface area contributed by atoms with Gasteiger partial charge in [-0.2, -0.15) is 0 Å². The van der Waals surface area contributed by atoms with E-state index in [1.54, 1.807) is 0 Å². The lowest BCUT2D eigenvalue weighted by Crippen LogP contribution is -2.47. The number of ether oxygens (including phenoxy) is 3. The summed E-state index contributed by atoms with van der Waals surface area (Å²) in [5, 5.41) is 75.3. The standard InChI is InChI=1S/C13H24O11/c1-5(16)8(17)9(18)6(2-14)22-4-23-13-12(21)11(20)10(19)7(3-15)24-13/h5-9,12-21H,2-4H2,1H3/t5?,6?,7?,8?,9?,12-,13?/m1/s1. The molecule has 142 valence electrons. The van der Waals surface area contributed by atoms with Gasteiger partial charge in [-0.15, -0.1) is 0 Å². The fourth-order valence-electron chi connectivity index (χ4n) is 1.96. The zero-order valence-corrected chi connectivity index (χ0v) is 13.0. The van der Waals surface area contributed by atoms with Crippen molar-refractivity contribution in [3.63, 3.8) is 0 Å². The van der Waals surface area contributed by atoms with Crippen LogP contribution in [0.4, 0.5) is 0 Å². The Labute approximate surface area is 137 Å². The Hall–Kier alpha value is -1.02. The number of hydrogen-bond acceptors (Lipinski definition) is 11. The Morgan fingerprint density at radius 2 is 1.71 bits per heavy atom. The van der Waals surface area contributed by atoms with Gasteiger partial charge in [0.05, 0.1) is 19.3 Å². The SMILES string of the molecule is CC(O)C(O)C(O)C(CO)OCOC1OC(CO)C(O)=C(O)[C@H]1O. The van der Waals surface area contributed by atoms with E-state index in [1.165, 1.54) is 6.92 Å². The second kappa shape index (κ2) is 9.46. The molecule has 8 N–H and O–H groups in total. The van der Waals surface area contributed by atoms with Crippen LogP contribution in [0.1, 0.15) is 6.92 Å². The Balaban J connectivity index is 2.56. The fraction of sp³-hybridized carbons (Fsp3) is 0.846. The van der Waals surface area contributed by atoms with E-state index in [0.717, 1.165) is 0 Å². The third-order valence-corrected chi connectivity index (χ3v) is 3.49. The molecule has 1 aliphatic heterocycles. The summed E-state index contributed by atoms with van der Waals surface area (Å²) >= 11 is 0. The van der Waals surface area contributed by atoms with Crippen molar-refractivity contribution in [2.45, 2.75) is 49.8 Å². The minimum atomic E-state index is -1.74. The Bertz CT molecular complexity index is 413. The molecular weight excluding hydrogens is 332 g/mol. The zero-order valence-electron chi connectivity index (χ0n) is 13.0. The first kappa shape index (κ1) is 21.0. The number of aliphatic hydroxyl groups is 8. The van der Waals surface area contributed by atoms with E-state index in [9.17, 15) is 30.6 Å². The van der Waals surface area contributed by atoms with Crippen LogP contribution in [-0.2, 0) is 14.2 Å². The molecule has 0 aromatic carbocycles. The summed E-state index contributed by atoms with van der Waals surface area (Å²) < 4.78 is 15.0. The van der Waals surface area contributed by atoms with Crippen molar-refractivity contribution in [3.05, 3.63) is 11.5 Å². The summed E-state index contributed by atoms with van der Waals surface area (Å²) in [6.07, 6.45) is -10.3. The van der Waals surface area contributed by atoms with Gasteiger partial charge in [0.1, 0.15) is 24.4 Å². The predicted molar refractivity (Wildman–Crippen MR) is 75.6 cm³/mol. The van der Waals surface area contributed by atoms with E-state index in [2.05, 4.69) is 0 Å². The average molecular weight is 356 g/mol. The Morgan fingerprint density at radius 3 is 2.21 bits per heavy atom. The van der Waals surface area contributed by atoms with Gasteiger partial charge in [-0.3, -0.25) is 0 Å². The Kier molecular flexibility index (Phi) is 8.29. The van der Waals surface area contributed by atoms with Crippen molar-refractivity contribution >= 4 is 0 Å². The molecule has 0 aromatic rings. The average Bonchev–Trinajstić information content (AvgIpc) is 2.57.